The summed E-state index contributed by atoms with van der Waals surface area (Å²) in [4.78, 5) is 46.9. The molecule has 0 radical (unpaired) electrons. The number of hydrogen-bond donors (Lipinski definition) is 3. The lowest BCUT2D eigenvalue weighted by Crippen LogP contribution is -2.52. The van der Waals surface area contributed by atoms with Crippen LogP contribution in [0.5, 0.6) is 0 Å². The van der Waals surface area contributed by atoms with Crippen LogP contribution in [0.4, 0.5) is 5.82 Å². The molecule has 1 saturated carbocycles. The molecule has 3 amide bonds. The molecule has 1 aliphatic heterocycles. The van der Waals surface area contributed by atoms with E-state index in [-0.39, 0.29) is 50.8 Å². The predicted octanol–water partition coefficient (Wildman–Crippen LogP) is 1.64. The van der Waals surface area contributed by atoms with Crippen molar-refractivity contribution in [2.75, 3.05) is 33.0 Å². The average Bonchev–Trinajstić information content (AvgIpc) is 3.30. The molecule has 4 atom stereocenters. The Bertz CT molecular complexity index is 1210. The summed E-state index contributed by atoms with van der Waals surface area (Å²) in [5, 5.41) is 13.9. The highest BCUT2D eigenvalue weighted by atomic mass is 35.5. The fourth-order valence-corrected chi connectivity index (χ4v) is 6.64. The van der Waals surface area contributed by atoms with Crippen molar-refractivity contribution in [1.29, 1.82) is 0 Å². The lowest BCUT2D eigenvalue weighted by atomic mass is 9.72. The zero-order valence-corrected chi connectivity index (χ0v) is 23.1. The molecule has 2 aromatic rings. The minimum Gasteiger partial charge on any atom is -0.369 e. The van der Waals surface area contributed by atoms with Gasteiger partial charge in [-0.1, -0.05) is 23.8 Å². The third-order valence-corrected chi connectivity index (χ3v) is 8.56. The fraction of sp³-hybridized carbons (Fsp3) is 0.522. The van der Waals surface area contributed by atoms with E-state index in [1.54, 1.807) is 19.0 Å². The largest absolute Gasteiger partial charge is 0.369 e. The molecule has 0 aromatic carbocycles. The second-order valence-electron chi connectivity index (χ2n) is 9.55. The predicted molar refractivity (Wildman–Crippen MR) is 144 cm³/mol. The van der Waals surface area contributed by atoms with Gasteiger partial charge in [-0.25, -0.2) is 4.98 Å². The Morgan fingerprint density at radius 3 is 2.65 bits per heavy atom. The summed E-state index contributed by atoms with van der Waals surface area (Å²) in [5.74, 6) is -0.992. The first-order valence-electron chi connectivity index (χ1n) is 11.9. The number of anilines is 1. The molecule has 11 nitrogen and oxygen atoms in total. The molecule has 2 aromatic heterocycles. The van der Waals surface area contributed by atoms with Crippen molar-refractivity contribution in [3.05, 3.63) is 32.9 Å². The number of thiazole rings is 1. The Labute approximate surface area is 229 Å². The molecule has 3 heterocycles. The van der Waals surface area contributed by atoms with Crippen LogP contribution in [0, 0.1) is 11.8 Å². The van der Waals surface area contributed by atoms with Gasteiger partial charge >= 0.3 is 0 Å². The molecule has 0 saturated heterocycles. The zero-order valence-electron chi connectivity index (χ0n) is 20.7. The van der Waals surface area contributed by atoms with Gasteiger partial charge in [-0.15, -0.1) is 21.5 Å². The van der Waals surface area contributed by atoms with Crippen molar-refractivity contribution in [3.8, 4) is 0 Å². The number of fused-ring (bicyclic) bond motifs is 1. The Kier molecular flexibility index (Phi) is 8.36. The molecule has 4 rings (SSSR count). The topological polar surface area (TPSA) is 146 Å². The average molecular weight is 565 g/mol. The Morgan fingerprint density at radius 2 is 2.00 bits per heavy atom. The number of likely N-dealkylation sites (N-methyl/N-ethyl adjacent to an activating group) is 1. The van der Waals surface area contributed by atoms with E-state index in [9.17, 15) is 14.4 Å². The van der Waals surface area contributed by atoms with Gasteiger partial charge < -0.3 is 21.3 Å². The van der Waals surface area contributed by atoms with Gasteiger partial charge in [0.25, 0.3) is 11.8 Å². The van der Waals surface area contributed by atoms with Crippen LogP contribution in [0.15, 0.2) is 12.1 Å². The van der Waals surface area contributed by atoms with Gasteiger partial charge in [0, 0.05) is 49.8 Å². The molecule has 0 spiro atoms. The van der Waals surface area contributed by atoms with Crippen molar-refractivity contribution in [2.24, 2.45) is 17.6 Å². The number of nitrogens with two attached hydrogens (primary N) is 1. The van der Waals surface area contributed by atoms with Crippen molar-refractivity contribution in [1.82, 2.24) is 30.3 Å². The van der Waals surface area contributed by atoms with Crippen molar-refractivity contribution < 1.29 is 14.4 Å². The Hall–Kier alpha value is -2.74. The standard InChI is InChI=1S/C23H29ClN8O3S2/c1-31(2)23(35)11-4-5-13(26-21(36)20(34)28-16-7-6-15(24)29-30-16)12(10-11)17-18-14(8-9-32(17)3)27-22(37-18)19(25)33/h6-7,11-13,17H,4-5,8-10H2,1-3H3,(H2,25,33)(H,26,36)(H,28,30,34)/t11-,12+,13-,17?/m0/s1. The summed E-state index contributed by atoms with van der Waals surface area (Å²) in [6.45, 7) is 0.745. The Morgan fingerprint density at radius 1 is 1.24 bits per heavy atom. The normalized spacial score (nSPS) is 23.6. The van der Waals surface area contributed by atoms with E-state index in [4.69, 9.17) is 29.6 Å². The van der Waals surface area contributed by atoms with Crippen LogP contribution in [0.2, 0.25) is 5.15 Å². The van der Waals surface area contributed by atoms with Crippen molar-refractivity contribution in [3.63, 3.8) is 0 Å². The summed E-state index contributed by atoms with van der Waals surface area (Å²) in [7, 11) is 5.54. The number of carbonyl (C=O) groups is 3. The van der Waals surface area contributed by atoms with Crippen LogP contribution >= 0.6 is 35.2 Å². The van der Waals surface area contributed by atoms with E-state index in [0.717, 1.165) is 17.1 Å². The molecule has 37 heavy (non-hydrogen) atoms. The summed E-state index contributed by atoms with van der Waals surface area (Å²) in [6, 6.07) is 2.76. The van der Waals surface area contributed by atoms with Crippen LogP contribution in [0.1, 0.15) is 45.7 Å². The van der Waals surface area contributed by atoms with Crippen LogP contribution in [0.25, 0.3) is 0 Å². The van der Waals surface area contributed by atoms with E-state index < -0.39 is 11.8 Å². The van der Waals surface area contributed by atoms with Gasteiger partial charge in [-0.2, -0.15) is 0 Å². The summed E-state index contributed by atoms with van der Waals surface area (Å²) < 4.78 is 0. The maximum Gasteiger partial charge on any atom is 0.284 e. The maximum atomic E-state index is 12.9. The fourth-order valence-electron chi connectivity index (χ4n) is 5.13. The number of halogens is 1. The number of primary amides is 1. The number of nitrogens with zero attached hydrogens (tertiary/aromatic N) is 5. The second kappa shape index (κ2) is 11.3. The number of nitrogens with one attached hydrogen (secondary N) is 2. The van der Waals surface area contributed by atoms with E-state index in [2.05, 4.69) is 30.7 Å². The number of carbonyl (C=O) groups excluding carboxylic acids is 3. The SMILES string of the molecule is CN(C)C(=O)[C@H]1CC[C@H](NC(=S)C(=O)Nc2ccc(Cl)nn2)[C@H](C2c3sc(C(N)=O)nc3CCN2C)C1. The van der Waals surface area contributed by atoms with Crippen LogP contribution in [-0.2, 0) is 16.0 Å². The molecule has 1 aliphatic carbocycles. The smallest absolute Gasteiger partial charge is 0.284 e. The number of rotatable bonds is 5. The first-order valence-corrected chi connectivity index (χ1v) is 13.5. The number of thiocarbonyl (C=S) groups is 1. The van der Waals surface area contributed by atoms with Gasteiger partial charge in [0.15, 0.2) is 21.0 Å². The summed E-state index contributed by atoms with van der Waals surface area (Å²) >= 11 is 12.5. The zero-order chi connectivity index (χ0) is 26.9. The van der Waals surface area contributed by atoms with Crippen LogP contribution in [0.3, 0.4) is 0 Å². The third kappa shape index (κ3) is 6.06. The van der Waals surface area contributed by atoms with E-state index in [1.165, 1.54) is 23.5 Å². The van der Waals surface area contributed by atoms with E-state index >= 15 is 0 Å². The van der Waals surface area contributed by atoms with Crippen molar-refractivity contribution >= 4 is 63.7 Å². The van der Waals surface area contributed by atoms with Gasteiger partial charge in [-0.3, -0.25) is 19.3 Å². The lowest BCUT2D eigenvalue weighted by Gasteiger charge is -2.45. The van der Waals surface area contributed by atoms with Gasteiger partial charge in [-0.05, 0) is 38.4 Å². The molecule has 2 aliphatic rings. The molecule has 1 unspecified atom stereocenters. The highest BCUT2D eigenvalue weighted by Gasteiger charge is 2.44. The number of aromatic nitrogens is 3. The second-order valence-corrected chi connectivity index (χ2v) is 11.4. The minimum atomic E-state index is -0.553. The highest BCUT2D eigenvalue weighted by Crippen LogP contribution is 2.45. The highest BCUT2D eigenvalue weighted by molar-refractivity contribution is 7.82. The monoisotopic (exact) mass is 564 g/mol. The van der Waals surface area contributed by atoms with Gasteiger partial charge in [0.05, 0.1) is 11.7 Å². The minimum absolute atomic E-state index is 0.0185. The summed E-state index contributed by atoms with van der Waals surface area (Å²) in [5.41, 5.74) is 6.40. The quantitative estimate of drug-likeness (QED) is 0.461. The van der Waals surface area contributed by atoms with E-state index in [1.807, 2.05) is 7.05 Å². The Balaban J connectivity index is 1.59. The molecule has 14 heteroatoms. The lowest BCUT2D eigenvalue weighted by molar-refractivity contribution is -0.135. The molecule has 4 N–H and O–H groups in total. The molecular formula is C23H29ClN8O3S2. The maximum absolute atomic E-state index is 12.9. The number of amides is 3. The van der Waals surface area contributed by atoms with Gasteiger partial charge in [0.2, 0.25) is 5.91 Å². The molecule has 1 fully saturated rings. The van der Waals surface area contributed by atoms with Crippen LogP contribution in [-0.4, -0.2) is 81.4 Å². The first-order chi connectivity index (χ1) is 17.5. The van der Waals surface area contributed by atoms with Crippen molar-refractivity contribution in [2.45, 2.75) is 37.8 Å². The first kappa shape index (κ1) is 27.3. The number of hydrogen-bond acceptors (Lipinski definition) is 9. The molecular weight excluding hydrogens is 536 g/mol. The summed E-state index contributed by atoms with van der Waals surface area (Å²) in [6.07, 6.45) is 2.61. The van der Waals surface area contributed by atoms with E-state index in [0.29, 0.717) is 25.7 Å². The molecule has 198 valence electrons. The van der Waals surface area contributed by atoms with Gasteiger partial charge in [0.1, 0.15) is 0 Å². The van der Waals surface area contributed by atoms with Crippen LogP contribution < -0.4 is 16.4 Å². The molecule has 0 bridgehead atoms. The third-order valence-electron chi connectivity index (χ3n) is 6.87.